The third-order valence-corrected chi connectivity index (χ3v) is 4.84. The monoisotopic (exact) mass is 403 g/mol. The van der Waals surface area contributed by atoms with Crippen LogP contribution in [0.1, 0.15) is 42.2 Å². The molecule has 0 amide bonds. The van der Waals surface area contributed by atoms with Crippen LogP contribution in [0.15, 0.2) is 28.7 Å². The fourth-order valence-electron chi connectivity index (χ4n) is 3.06. The molecular formula is C19H22BrN3O2. The highest BCUT2D eigenvalue weighted by Crippen LogP contribution is 2.28. The molecule has 25 heavy (non-hydrogen) atoms. The Bertz CT molecular complexity index is 756. The van der Waals surface area contributed by atoms with Gasteiger partial charge in [0, 0.05) is 23.1 Å². The molecule has 0 radical (unpaired) electrons. The first kappa shape index (κ1) is 17.9. The van der Waals surface area contributed by atoms with Crippen molar-refractivity contribution in [1.29, 1.82) is 0 Å². The Hall–Kier alpha value is -1.95. The van der Waals surface area contributed by atoms with Crippen molar-refractivity contribution in [2.24, 2.45) is 0 Å². The number of hydrogen-bond acceptors (Lipinski definition) is 5. The van der Waals surface area contributed by atoms with E-state index in [1.54, 1.807) is 6.92 Å². The van der Waals surface area contributed by atoms with E-state index in [1.165, 1.54) is 6.42 Å². The van der Waals surface area contributed by atoms with E-state index < -0.39 is 0 Å². The first-order valence-corrected chi connectivity index (χ1v) is 9.46. The topological polar surface area (TPSA) is 55.3 Å². The van der Waals surface area contributed by atoms with Crippen LogP contribution < -0.4 is 4.90 Å². The number of aryl methyl sites for hydroxylation is 1. The number of aromatic nitrogens is 2. The largest absolute Gasteiger partial charge is 0.462 e. The van der Waals surface area contributed by atoms with Crippen LogP contribution >= 0.6 is 15.9 Å². The predicted octanol–water partition coefficient (Wildman–Crippen LogP) is 4.38. The van der Waals surface area contributed by atoms with Crippen molar-refractivity contribution in [3.05, 3.63) is 40.0 Å². The van der Waals surface area contributed by atoms with Gasteiger partial charge in [-0.3, -0.25) is 0 Å². The highest BCUT2D eigenvalue weighted by molar-refractivity contribution is 9.10. The van der Waals surface area contributed by atoms with Crippen molar-refractivity contribution in [1.82, 2.24) is 9.97 Å². The number of halogens is 1. The zero-order valence-corrected chi connectivity index (χ0v) is 16.2. The summed E-state index contributed by atoms with van der Waals surface area (Å²) in [6.07, 6.45) is 3.54. The lowest BCUT2D eigenvalue weighted by atomic mass is 10.0. The third-order valence-electron chi connectivity index (χ3n) is 4.31. The van der Waals surface area contributed by atoms with Crippen LogP contribution in [0.4, 0.5) is 5.95 Å². The zero-order valence-electron chi connectivity index (χ0n) is 14.6. The molecular weight excluding hydrogens is 382 g/mol. The second-order valence-electron chi connectivity index (χ2n) is 6.11. The quantitative estimate of drug-likeness (QED) is 0.708. The maximum absolute atomic E-state index is 12.5. The van der Waals surface area contributed by atoms with E-state index in [-0.39, 0.29) is 5.97 Å². The van der Waals surface area contributed by atoms with Gasteiger partial charge >= 0.3 is 5.97 Å². The van der Waals surface area contributed by atoms with Crippen molar-refractivity contribution < 1.29 is 9.53 Å². The molecule has 2 heterocycles. The van der Waals surface area contributed by atoms with Crippen molar-refractivity contribution in [3.63, 3.8) is 0 Å². The second-order valence-corrected chi connectivity index (χ2v) is 7.02. The Morgan fingerprint density at radius 3 is 2.48 bits per heavy atom. The van der Waals surface area contributed by atoms with Gasteiger partial charge < -0.3 is 9.64 Å². The van der Waals surface area contributed by atoms with Gasteiger partial charge in [-0.05, 0) is 45.2 Å². The fraction of sp³-hybridized carbons (Fsp3) is 0.421. The molecule has 1 aromatic carbocycles. The van der Waals surface area contributed by atoms with Gasteiger partial charge in [0.2, 0.25) is 5.95 Å². The van der Waals surface area contributed by atoms with Gasteiger partial charge in [-0.2, -0.15) is 0 Å². The molecule has 0 unspecified atom stereocenters. The summed E-state index contributed by atoms with van der Waals surface area (Å²) >= 11 is 3.45. The summed E-state index contributed by atoms with van der Waals surface area (Å²) in [5.41, 5.74) is 2.63. The number of ether oxygens (including phenoxy) is 1. The Morgan fingerprint density at radius 1 is 1.16 bits per heavy atom. The molecule has 0 spiro atoms. The molecule has 1 aliphatic heterocycles. The number of esters is 1. The number of rotatable bonds is 4. The van der Waals surface area contributed by atoms with E-state index in [9.17, 15) is 4.79 Å². The number of nitrogens with zero attached hydrogens (tertiary/aromatic N) is 3. The number of anilines is 1. The van der Waals surface area contributed by atoms with Crippen LogP contribution in [0.5, 0.6) is 0 Å². The number of carbonyl (C=O) groups excluding carboxylic acids is 1. The molecule has 5 nitrogen and oxygen atoms in total. The van der Waals surface area contributed by atoms with Gasteiger partial charge in [0.1, 0.15) is 5.56 Å². The summed E-state index contributed by atoms with van der Waals surface area (Å²) in [5.74, 6) is 0.325. The second kappa shape index (κ2) is 7.95. The van der Waals surface area contributed by atoms with Gasteiger partial charge in [-0.25, -0.2) is 14.8 Å². The Kier molecular flexibility index (Phi) is 5.68. The minimum Gasteiger partial charge on any atom is -0.462 e. The summed E-state index contributed by atoms with van der Waals surface area (Å²) in [6.45, 7) is 5.89. The summed E-state index contributed by atoms with van der Waals surface area (Å²) in [7, 11) is 0. The maximum Gasteiger partial charge on any atom is 0.342 e. The van der Waals surface area contributed by atoms with Crippen LogP contribution in [-0.2, 0) is 4.74 Å². The fourth-order valence-corrected chi connectivity index (χ4v) is 3.32. The van der Waals surface area contributed by atoms with Gasteiger partial charge in [0.15, 0.2) is 0 Å². The summed E-state index contributed by atoms with van der Waals surface area (Å²) in [6, 6.07) is 7.80. The lowest BCUT2D eigenvalue weighted by molar-refractivity contribution is 0.0525. The van der Waals surface area contributed by atoms with Gasteiger partial charge in [-0.15, -0.1) is 0 Å². The van der Waals surface area contributed by atoms with Gasteiger partial charge in [-0.1, -0.05) is 28.1 Å². The first-order valence-electron chi connectivity index (χ1n) is 8.66. The number of carbonyl (C=O) groups is 1. The smallest absolute Gasteiger partial charge is 0.342 e. The van der Waals surface area contributed by atoms with Crippen molar-refractivity contribution in [2.45, 2.75) is 33.1 Å². The molecule has 2 aromatic rings. The molecule has 0 atom stereocenters. The molecule has 3 rings (SSSR count). The minimum absolute atomic E-state index is 0.325. The van der Waals surface area contributed by atoms with E-state index in [2.05, 4.69) is 25.8 Å². The lowest BCUT2D eigenvalue weighted by Crippen LogP contribution is -2.31. The highest BCUT2D eigenvalue weighted by Gasteiger charge is 2.23. The van der Waals surface area contributed by atoms with Crippen molar-refractivity contribution in [2.75, 3.05) is 24.6 Å². The van der Waals surface area contributed by atoms with Crippen LogP contribution in [-0.4, -0.2) is 35.6 Å². The Labute approximate surface area is 156 Å². The van der Waals surface area contributed by atoms with E-state index in [1.807, 2.05) is 31.2 Å². The molecule has 0 saturated carbocycles. The molecule has 0 bridgehead atoms. The average molecular weight is 404 g/mol. The minimum atomic E-state index is -0.372. The molecule has 1 aromatic heterocycles. The van der Waals surface area contributed by atoms with Crippen LogP contribution in [0.2, 0.25) is 0 Å². The Balaban J connectivity index is 2.10. The van der Waals surface area contributed by atoms with Crippen LogP contribution in [0.25, 0.3) is 11.3 Å². The van der Waals surface area contributed by atoms with Gasteiger partial charge in [0.05, 0.1) is 18.0 Å². The van der Waals surface area contributed by atoms with E-state index >= 15 is 0 Å². The SMILES string of the molecule is CCOC(=O)c1c(C)nc(N2CCCCC2)nc1-c1ccc(Br)cc1. The van der Waals surface area contributed by atoms with E-state index in [4.69, 9.17) is 9.72 Å². The predicted molar refractivity (Wildman–Crippen MR) is 102 cm³/mol. The summed E-state index contributed by atoms with van der Waals surface area (Å²) in [5, 5.41) is 0. The zero-order chi connectivity index (χ0) is 17.8. The molecule has 0 N–H and O–H groups in total. The molecule has 0 aliphatic carbocycles. The van der Waals surface area contributed by atoms with Crippen LogP contribution in [0.3, 0.4) is 0 Å². The maximum atomic E-state index is 12.5. The number of piperidine rings is 1. The third kappa shape index (κ3) is 4.00. The standard InChI is InChI=1S/C19H22BrN3O2/c1-3-25-18(24)16-13(2)21-19(23-11-5-4-6-12-23)22-17(16)14-7-9-15(20)10-8-14/h7-10H,3-6,11-12H2,1-2H3. The molecule has 1 saturated heterocycles. The average Bonchev–Trinajstić information content (AvgIpc) is 2.62. The molecule has 132 valence electrons. The molecule has 6 heteroatoms. The van der Waals surface area contributed by atoms with Crippen LogP contribution in [0, 0.1) is 6.92 Å². The van der Waals surface area contributed by atoms with Crippen molar-refractivity contribution in [3.8, 4) is 11.3 Å². The molecule has 1 aliphatic rings. The van der Waals surface area contributed by atoms with E-state index in [0.29, 0.717) is 29.5 Å². The van der Waals surface area contributed by atoms with E-state index in [0.717, 1.165) is 36.0 Å². The number of hydrogen-bond donors (Lipinski definition) is 0. The summed E-state index contributed by atoms with van der Waals surface area (Å²) in [4.78, 5) is 24.1. The normalized spacial score (nSPS) is 14.4. The van der Waals surface area contributed by atoms with Gasteiger partial charge in [0.25, 0.3) is 0 Å². The summed E-state index contributed by atoms with van der Waals surface area (Å²) < 4.78 is 6.22. The molecule has 1 fully saturated rings. The van der Waals surface area contributed by atoms with Crippen molar-refractivity contribution >= 4 is 27.8 Å². The lowest BCUT2D eigenvalue weighted by Gasteiger charge is -2.27. The number of benzene rings is 1. The Morgan fingerprint density at radius 2 is 1.84 bits per heavy atom. The highest BCUT2D eigenvalue weighted by atomic mass is 79.9. The first-order chi connectivity index (χ1) is 12.1.